The minimum Gasteiger partial charge on any atom is -0.476 e. The third kappa shape index (κ3) is 6.35. The van der Waals surface area contributed by atoms with E-state index in [9.17, 15) is 13.2 Å². The molecule has 0 aliphatic heterocycles. The molecule has 44 heavy (non-hydrogen) atoms. The predicted molar refractivity (Wildman–Crippen MR) is 164 cm³/mol. The second kappa shape index (κ2) is 13.0. The van der Waals surface area contributed by atoms with Crippen molar-refractivity contribution in [1.29, 1.82) is 0 Å². The van der Waals surface area contributed by atoms with Crippen LogP contribution in [0, 0.1) is 26.0 Å². The van der Waals surface area contributed by atoms with E-state index >= 15 is 0 Å². The zero-order valence-electron chi connectivity index (χ0n) is 23.7. The Morgan fingerprint density at radius 3 is 2.23 bits per heavy atom. The largest absolute Gasteiger partial charge is 0.476 e. The third-order valence-corrected chi connectivity index (χ3v) is 7.16. The van der Waals surface area contributed by atoms with E-state index in [4.69, 9.17) is 4.42 Å². The van der Waals surface area contributed by atoms with Gasteiger partial charge in [0.05, 0.1) is 11.1 Å². The fourth-order valence-corrected chi connectivity index (χ4v) is 5.03. The number of hydrogen-bond donors (Lipinski definition) is 0. The molecule has 0 fully saturated rings. The van der Waals surface area contributed by atoms with Crippen molar-refractivity contribution in [3.63, 3.8) is 0 Å². The van der Waals surface area contributed by atoms with Crippen molar-refractivity contribution in [3.8, 4) is 33.6 Å². The number of furan rings is 1. The average molecular weight is 763 g/mol. The van der Waals surface area contributed by atoms with Gasteiger partial charge < -0.3 is 14.4 Å². The fraction of sp³-hybridized carbons (Fsp3) is 0.0811. The molecule has 0 bridgehead atoms. The van der Waals surface area contributed by atoms with Crippen LogP contribution in [0.2, 0.25) is 0 Å². The second-order valence-corrected chi connectivity index (χ2v) is 10.1. The van der Waals surface area contributed by atoms with Gasteiger partial charge in [-0.25, -0.2) is 0 Å². The van der Waals surface area contributed by atoms with Gasteiger partial charge in [0.15, 0.2) is 0 Å². The Morgan fingerprint density at radius 1 is 0.750 bits per heavy atom. The molecule has 0 amide bonds. The summed E-state index contributed by atoms with van der Waals surface area (Å²) in [4.78, 5) is 8.36. The van der Waals surface area contributed by atoms with Gasteiger partial charge in [-0.15, -0.1) is 53.6 Å². The molecule has 7 rings (SSSR count). The van der Waals surface area contributed by atoms with Crippen LogP contribution in [0.4, 0.5) is 13.2 Å². The molecule has 7 aromatic rings. The number of fused-ring (bicyclic) bond motifs is 3. The SMILES string of the molecule is Cc1ccc2c(c1)oc1c(C)c(-c3cc(-c4ccccc4)c(C(F)(F)F)cn3)[c-]cc12.[Ir].[c-]1ccccc1-c1ccccn1. The van der Waals surface area contributed by atoms with Crippen molar-refractivity contribution in [2.75, 3.05) is 0 Å². The molecule has 4 aromatic carbocycles. The van der Waals surface area contributed by atoms with Crippen molar-refractivity contribution in [3.05, 3.63) is 144 Å². The van der Waals surface area contributed by atoms with Crippen LogP contribution in [0.5, 0.6) is 0 Å². The molecular weight excluding hydrogens is 738 g/mol. The summed E-state index contributed by atoms with van der Waals surface area (Å²) in [7, 11) is 0. The molecule has 221 valence electrons. The van der Waals surface area contributed by atoms with E-state index in [2.05, 4.69) is 22.1 Å². The summed E-state index contributed by atoms with van der Waals surface area (Å²) in [6, 6.07) is 37.9. The Kier molecular flexibility index (Phi) is 9.09. The number of pyridine rings is 2. The van der Waals surface area contributed by atoms with Crippen LogP contribution in [0.25, 0.3) is 55.6 Å². The van der Waals surface area contributed by atoms with Gasteiger partial charge in [0.2, 0.25) is 0 Å². The van der Waals surface area contributed by atoms with Crippen molar-refractivity contribution in [2.45, 2.75) is 20.0 Å². The van der Waals surface area contributed by atoms with Crippen LogP contribution in [-0.2, 0) is 26.3 Å². The zero-order valence-corrected chi connectivity index (χ0v) is 26.1. The van der Waals surface area contributed by atoms with E-state index in [0.29, 0.717) is 22.4 Å². The summed E-state index contributed by atoms with van der Waals surface area (Å²) in [5, 5.41) is 1.91. The predicted octanol–water partition coefficient (Wildman–Crippen LogP) is 10.3. The maximum atomic E-state index is 13.6. The standard InChI is InChI=1S/C26H17F3NO.C11H8N.Ir/c1-15-8-9-19-20-11-10-18(16(2)25(20)31-24(19)12-15)23-13-21(17-6-4-3-5-7-17)22(14-30-23)26(27,28)29;1-2-6-10(7-3-1)11-8-4-5-9-12-11;/h3-9,11-14H,1-2H3;1-6,8-9H;/q2*-1;. The molecule has 3 nitrogen and oxygen atoms in total. The van der Waals surface area contributed by atoms with Crippen LogP contribution >= 0.6 is 0 Å². The molecule has 0 saturated heterocycles. The topological polar surface area (TPSA) is 38.9 Å². The molecule has 0 unspecified atom stereocenters. The van der Waals surface area contributed by atoms with Crippen LogP contribution in [0.15, 0.2) is 120 Å². The summed E-state index contributed by atoms with van der Waals surface area (Å²) in [6.45, 7) is 3.87. The van der Waals surface area contributed by atoms with Gasteiger partial charge in [0.1, 0.15) is 5.58 Å². The third-order valence-electron chi connectivity index (χ3n) is 7.16. The van der Waals surface area contributed by atoms with E-state index < -0.39 is 11.7 Å². The first-order chi connectivity index (χ1) is 20.8. The van der Waals surface area contributed by atoms with E-state index in [1.54, 1.807) is 36.5 Å². The molecular formula is C37H25F3IrN2O-2. The minimum absolute atomic E-state index is 0. The normalized spacial score (nSPS) is 11.1. The number of rotatable bonds is 3. The van der Waals surface area contributed by atoms with Crippen LogP contribution in [-0.4, -0.2) is 9.97 Å². The van der Waals surface area contributed by atoms with Gasteiger partial charge >= 0.3 is 6.18 Å². The quantitative estimate of drug-likeness (QED) is 0.168. The summed E-state index contributed by atoms with van der Waals surface area (Å²) in [5.41, 5.74) is 6.20. The molecule has 3 aromatic heterocycles. The Morgan fingerprint density at radius 2 is 1.52 bits per heavy atom. The number of benzene rings is 4. The van der Waals surface area contributed by atoms with Gasteiger partial charge in [-0.1, -0.05) is 78.5 Å². The van der Waals surface area contributed by atoms with Gasteiger partial charge in [-0.05, 0) is 52.5 Å². The van der Waals surface area contributed by atoms with Crippen molar-refractivity contribution in [1.82, 2.24) is 9.97 Å². The number of aryl methyl sites for hydroxylation is 2. The van der Waals surface area contributed by atoms with Crippen LogP contribution < -0.4 is 0 Å². The molecule has 0 spiro atoms. The van der Waals surface area contributed by atoms with Crippen molar-refractivity contribution >= 4 is 21.9 Å². The maximum Gasteiger partial charge on any atom is 0.418 e. The number of alkyl halides is 3. The summed E-state index contributed by atoms with van der Waals surface area (Å²) in [6.07, 6.45) is -1.82. The Bertz CT molecular complexity index is 1990. The number of aromatic nitrogens is 2. The molecule has 0 aliphatic rings. The molecule has 0 N–H and O–H groups in total. The first kappa shape index (κ1) is 30.9. The smallest absolute Gasteiger partial charge is 0.418 e. The summed E-state index contributed by atoms with van der Waals surface area (Å²) < 4.78 is 47.0. The number of hydrogen-bond acceptors (Lipinski definition) is 3. The zero-order chi connectivity index (χ0) is 30.0. The first-order valence-corrected chi connectivity index (χ1v) is 13.6. The summed E-state index contributed by atoms with van der Waals surface area (Å²) >= 11 is 0. The molecule has 3 heterocycles. The Hall–Kier alpha value is -4.58. The van der Waals surface area contributed by atoms with E-state index in [-0.39, 0.29) is 25.7 Å². The first-order valence-electron chi connectivity index (χ1n) is 13.6. The van der Waals surface area contributed by atoms with E-state index in [1.165, 1.54) is 6.07 Å². The fourth-order valence-electron chi connectivity index (χ4n) is 5.03. The molecule has 1 radical (unpaired) electrons. The Labute approximate surface area is 266 Å². The molecule has 0 saturated carbocycles. The minimum atomic E-state index is -4.50. The van der Waals surface area contributed by atoms with Gasteiger partial charge in [-0.2, -0.15) is 13.2 Å². The van der Waals surface area contributed by atoms with Gasteiger partial charge in [0, 0.05) is 32.5 Å². The van der Waals surface area contributed by atoms with Crippen LogP contribution in [0.3, 0.4) is 0 Å². The van der Waals surface area contributed by atoms with Crippen molar-refractivity contribution < 1.29 is 37.7 Å². The molecule has 7 heteroatoms. The van der Waals surface area contributed by atoms with Gasteiger partial charge in [0.25, 0.3) is 0 Å². The maximum absolute atomic E-state index is 13.6. The Balaban J connectivity index is 0.000000248. The summed E-state index contributed by atoms with van der Waals surface area (Å²) in [5.74, 6) is 0. The van der Waals surface area contributed by atoms with E-state index in [0.717, 1.165) is 44.9 Å². The molecule has 0 atom stereocenters. The second-order valence-electron chi connectivity index (χ2n) is 10.1. The van der Waals surface area contributed by atoms with Crippen molar-refractivity contribution in [2.24, 2.45) is 0 Å². The monoisotopic (exact) mass is 763 g/mol. The number of halogens is 3. The van der Waals surface area contributed by atoms with Gasteiger partial charge in [-0.3, -0.25) is 0 Å². The number of nitrogens with zero attached hydrogens (tertiary/aromatic N) is 2. The van der Waals surface area contributed by atoms with E-state index in [1.807, 2.05) is 80.6 Å². The average Bonchev–Trinajstić information content (AvgIpc) is 3.41. The molecule has 0 aliphatic carbocycles. The van der Waals surface area contributed by atoms with Crippen LogP contribution in [0.1, 0.15) is 16.7 Å².